The van der Waals surface area contributed by atoms with E-state index in [9.17, 15) is 0 Å². The van der Waals surface area contributed by atoms with Crippen molar-refractivity contribution in [2.45, 2.75) is 46.3 Å². The van der Waals surface area contributed by atoms with Crippen molar-refractivity contribution in [2.75, 3.05) is 31.5 Å². The predicted molar refractivity (Wildman–Crippen MR) is 104 cm³/mol. The van der Waals surface area contributed by atoms with E-state index in [1.807, 2.05) is 25.1 Å². The Balaban J connectivity index is 1.58. The zero-order valence-corrected chi connectivity index (χ0v) is 16.2. The predicted octanol–water partition coefficient (Wildman–Crippen LogP) is 3.07. The molecule has 6 nitrogen and oxygen atoms in total. The number of aromatic nitrogens is 3. The van der Waals surface area contributed by atoms with Crippen LogP contribution in [0.15, 0.2) is 24.4 Å². The molecule has 2 aromatic heterocycles. The molecule has 3 heterocycles. The van der Waals surface area contributed by atoms with Crippen molar-refractivity contribution in [3.8, 4) is 11.5 Å². The van der Waals surface area contributed by atoms with Gasteiger partial charge in [0.15, 0.2) is 5.82 Å². The van der Waals surface area contributed by atoms with E-state index in [-0.39, 0.29) is 0 Å². The van der Waals surface area contributed by atoms with E-state index >= 15 is 0 Å². The van der Waals surface area contributed by atoms with Gasteiger partial charge in [-0.15, -0.1) is 0 Å². The molecule has 0 bridgehead atoms. The van der Waals surface area contributed by atoms with E-state index < -0.39 is 0 Å². The van der Waals surface area contributed by atoms with Crippen LogP contribution in [0.3, 0.4) is 0 Å². The number of rotatable bonds is 6. The monoisotopic (exact) mass is 355 g/mol. The number of ether oxygens (including phenoxy) is 1. The Labute approximate surface area is 156 Å². The molecule has 1 N–H and O–H groups in total. The maximum Gasteiger partial charge on any atom is 0.180 e. The fourth-order valence-electron chi connectivity index (χ4n) is 3.39. The number of aryl methyl sites for hydroxylation is 1. The number of anilines is 1. The highest BCUT2D eigenvalue weighted by atomic mass is 16.5. The zero-order chi connectivity index (χ0) is 18.5. The average Bonchev–Trinajstić information content (AvgIpc) is 2.62. The zero-order valence-electron chi connectivity index (χ0n) is 16.2. The molecule has 6 heteroatoms. The van der Waals surface area contributed by atoms with E-state index in [0.717, 1.165) is 55.4 Å². The number of morpholine rings is 1. The molecule has 0 radical (unpaired) electrons. The van der Waals surface area contributed by atoms with E-state index in [4.69, 9.17) is 9.72 Å². The molecule has 1 saturated heterocycles. The minimum Gasteiger partial charge on any atom is -0.373 e. The Bertz CT molecular complexity index is 712. The molecular formula is C20H29N5O. The van der Waals surface area contributed by atoms with Crippen molar-refractivity contribution in [2.24, 2.45) is 0 Å². The summed E-state index contributed by atoms with van der Waals surface area (Å²) in [6.07, 6.45) is 3.48. The molecule has 1 aliphatic heterocycles. The molecule has 0 saturated carbocycles. The first-order chi connectivity index (χ1) is 12.5. The maximum atomic E-state index is 5.80. The molecule has 2 aromatic rings. The first-order valence-electron chi connectivity index (χ1n) is 9.41. The molecule has 0 aromatic carbocycles. The van der Waals surface area contributed by atoms with Crippen LogP contribution < -0.4 is 5.32 Å². The minimum absolute atomic E-state index is 0.319. The molecular weight excluding hydrogens is 326 g/mol. The molecule has 140 valence electrons. The third-order valence-electron chi connectivity index (χ3n) is 4.72. The standard InChI is InChI=1S/C20H29N5O/c1-14-12-25(13-15(2)26-14)11-7-10-22-19-16(3)17(4)23-20(24-19)18-8-5-6-9-21-18/h5-6,8-9,14-15H,7,10-13H2,1-4H3,(H,22,23,24). The summed E-state index contributed by atoms with van der Waals surface area (Å²) in [5.41, 5.74) is 2.88. The van der Waals surface area contributed by atoms with Crippen LogP contribution >= 0.6 is 0 Å². The Hall–Kier alpha value is -2.05. The van der Waals surface area contributed by atoms with Gasteiger partial charge < -0.3 is 10.1 Å². The molecule has 2 atom stereocenters. The second-order valence-electron chi connectivity index (χ2n) is 7.12. The SMILES string of the molecule is Cc1nc(-c2ccccn2)nc(NCCCN2CC(C)OC(C)C2)c1C. The Morgan fingerprint density at radius 3 is 2.62 bits per heavy atom. The average molecular weight is 355 g/mol. The van der Waals surface area contributed by atoms with E-state index in [0.29, 0.717) is 18.0 Å². The van der Waals surface area contributed by atoms with E-state index in [2.05, 4.69) is 41.0 Å². The molecule has 0 spiro atoms. The molecule has 1 aliphatic rings. The van der Waals surface area contributed by atoms with Gasteiger partial charge in [-0.25, -0.2) is 9.97 Å². The Kier molecular flexibility index (Phi) is 6.16. The van der Waals surface area contributed by atoms with Crippen molar-refractivity contribution in [3.63, 3.8) is 0 Å². The number of pyridine rings is 1. The molecule has 2 unspecified atom stereocenters. The summed E-state index contributed by atoms with van der Waals surface area (Å²) >= 11 is 0. The quantitative estimate of drug-likeness (QED) is 0.804. The van der Waals surface area contributed by atoms with Crippen molar-refractivity contribution >= 4 is 5.82 Å². The number of nitrogens with one attached hydrogen (secondary N) is 1. The Morgan fingerprint density at radius 1 is 1.15 bits per heavy atom. The fourth-order valence-corrected chi connectivity index (χ4v) is 3.39. The van der Waals surface area contributed by atoms with Crippen LogP contribution in [0.5, 0.6) is 0 Å². The third-order valence-corrected chi connectivity index (χ3v) is 4.72. The van der Waals surface area contributed by atoms with Gasteiger partial charge in [0.25, 0.3) is 0 Å². The lowest BCUT2D eigenvalue weighted by Crippen LogP contribution is -2.45. The number of hydrogen-bond acceptors (Lipinski definition) is 6. The minimum atomic E-state index is 0.319. The third kappa shape index (κ3) is 4.77. The van der Waals surface area contributed by atoms with Crippen LogP contribution in [0.1, 0.15) is 31.5 Å². The van der Waals surface area contributed by atoms with Crippen LogP contribution in [-0.2, 0) is 4.74 Å². The van der Waals surface area contributed by atoms with Gasteiger partial charge in [-0.2, -0.15) is 0 Å². The first-order valence-corrected chi connectivity index (χ1v) is 9.41. The van der Waals surface area contributed by atoms with Gasteiger partial charge in [-0.1, -0.05) is 6.07 Å². The summed E-state index contributed by atoms with van der Waals surface area (Å²) in [6.45, 7) is 12.4. The highest BCUT2D eigenvalue weighted by Crippen LogP contribution is 2.20. The van der Waals surface area contributed by atoms with Crippen molar-refractivity contribution in [1.29, 1.82) is 0 Å². The van der Waals surface area contributed by atoms with Gasteiger partial charge in [-0.3, -0.25) is 9.88 Å². The second kappa shape index (κ2) is 8.56. The fraction of sp³-hybridized carbons (Fsp3) is 0.550. The van der Waals surface area contributed by atoms with Crippen LogP contribution in [-0.4, -0.2) is 58.2 Å². The molecule has 1 fully saturated rings. The maximum absolute atomic E-state index is 5.80. The summed E-state index contributed by atoms with van der Waals surface area (Å²) < 4.78 is 5.80. The van der Waals surface area contributed by atoms with Crippen molar-refractivity contribution in [1.82, 2.24) is 19.9 Å². The lowest BCUT2D eigenvalue weighted by Gasteiger charge is -2.35. The largest absolute Gasteiger partial charge is 0.373 e. The second-order valence-corrected chi connectivity index (χ2v) is 7.12. The lowest BCUT2D eigenvalue weighted by molar-refractivity contribution is -0.0678. The normalized spacial score (nSPS) is 20.9. The molecule has 0 aliphatic carbocycles. The molecule has 26 heavy (non-hydrogen) atoms. The summed E-state index contributed by atoms with van der Waals surface area (Å²) in [5, 5.41) is 3.49. The van der Waals surface area contributed by atoms with Gasteiger partial charge in [0.05, 0.1) is 12.2 Å². The van der Waals surface area contributed by atoms with Gasteiger partial charge in [-0.05, 0) is 46.2 Å². The van der Waals surface area contributed by atoms with Crippen LogP contribution in [0, 0.1) is 13.8 Å². The summed E-state index contributed by atoms with van der Waals surface area (Å²) in [5.74, 6) is 1.58. The lowest BCUT2D eigenvalue weighted by atomic mass is 10.2. The number of nitrogens with zero attached hydrogens (tertiary/aromatic N) is 4. The number of hydrogen-bond donors (Lipinski definition) is 1. The van der Waals surface area contributed by atoms with Crippen LogP contribution in [0.25, 0.3) is 11.5 Å². The highest BCUT2D eigenvalue weighted by Gasteiger charge is 2.21. The van der Waals surface area contributed by atoms with Gasteiger partial charge >= 0.3 is 0 Å². The summed E-state index contributed by atoms with van der Waals surface area (Å²) in [7, 11) is 0. The topological polar surface area (TPSA) is 63.2 Å². The van der Waals surface area contributed by atoms with Crippen molar-refractivity contribution < 1.29 is 4.74 Å². The Morgan fingerprint density at radius 2 is 1.92 bits per heavy atom. The summed E-state index contributed by atoms with van der Waals surface area (Å²) in [6, 6.07) is 5.80. The summed E-state index contributed by atoms with van der Waals surface area (Å²) in [4.78, 5) is 16.1. The van der Waals surface area contributed by atoms with Gasteiger partial charge in [0, 0.05) is 43.6 Å². The molecule has 3 rings (SSSR count). The van der Waals surface area contributed by atoms with Gasteiger partial charge in [0.1, 0.15) is 11.5 Å². The first kappa shape index (κ1) is 18.7. The van der Waals surface area contributed by atoms with E-state index in [1.165, 1.54) is 0 Å². The highest BCUT2D eigenvalue weighted by molar-refractivity contribution is 5.56. The van der Waals surface area contributed by atoms with Crippen molar-refractivity contribution in [3.05, 3.63) is 35.7 Å². The van der Waals surface area contributed by atoms with Gasteiger partial charge in [0.2, 0.25) is 0 Å². The van der Waals surface area contributed by atoms with E-state index in [1.54, 1.807) is 6.20 Å². The van der Waals surface area contributed by atoms with Crippen LogP contribution in [0.2, 0.25) is 0 Å². The van der Waals surface area contributed by atoms with Crippen LogP contribution in [0.4, 0.5) is 5.82 Å². The molecule has 0 amide bonds. The smallest absolute Gasteiger partial charge is 0.180 e.